The molecule has 1 aliphatic heterocycles. The third kappa shape index (κ3) is 3.51. The molecule has 0 amide bonds. The number of benzene rings is 1. The molecule has 0 bridgehead atoms. The van der Waals surface area contributed by atoms with Crippen molar-refractivity contribution in [3.63, 3.8) is 0 Å². The number of hydrogen-bond acceptors (Lipinski definition) is 5. The highest BCUT2D eigenvalue weighted by Crippen LogP contribution is 2.36. The first-order chi connectivity index (χ1) is 10.3. The lowest BCUT2D eigenvalue weighted by molar-refractivity contribution is 0.00578. The van der Waals surface area contributed by atoms with Gasteiger partial charge >= 0.3 is 7.12 Å². The second kappa shape index (κ2) is 6.40. The smallest absolute Gasteiger partial charge is 0.399 e. The summed E-state index contributed by atoms with van der Waals surface area (Å²) in [5.74, 6) is 0. The van der Waals surface area contributed by atoms with Crippen LogP contribution in [0, 0.1) is 0 Å². The van der Waals surface area contributed by atoms with E-state index < -0.39 is 7.12 Å². The molecule has 2 rings (SSSR count). The second-order valence-corrected chi connectivity index (χ2v) is 6.50. The summed E-state index contributed by atoms with van der Waals surface area (Å²) in [5.41, 5.74) is 7.79. The van der Waals surface area contributed by atoms with Crippen molar-refractivity contribution in [3.05, 3.63) is 23.8 Å². The zero-order valence-electron chi connectivity index (χ0n) is 14.1. The minimum absolute atomic E-state index is 0.355. The van der Waals surface area contributed by atoms with Gasteiger partial charge in [-0.05, 0) is 39.2 Å². The minimum atomic E-state index is -0.392. The molecule has 1 aromatic carbocycles. The maximum absolute atomic E-state index is 6.06. The number of methoxy groups -OCH3 is 1. The van der Waals surface area contributed by atoms with Crippen molar-refractivity contribution in [3.8, 4) is 0 Å². The predicted molar refractivity (Wildman–Crippen MR) is 90.9 cm³/mol. The summed E-state index contributed by atoms with van der Waals surface area (Å²) in [6.07, 6.45) is 1.77. The van der Waals surface area contributed by atoms with E-state index in [1.165, 1.54) is 0 Å². The van der Waals surface area contributed by atoms with Crippen molar-refractivity contribution in [2.45, 2.75) is 38.9 Å². The zero-order valence-corrected chi connectivity index (χ0v) is 14.1. The van der Waals surface area contributed by atoms with Crippen molar-refractivity contribution < 1.29 is 14.0 Å². The van der Waals surface area contributed by atoms with Gasteiger partial charge in [-0.1, -0.05) is 12.1 Å². The normalized spacial score (nSPS) is 20.0. The third-order valence-corrected chi connectivity index (χ3v) is 4.29. The number of hydrogen-bond donors (Lipinski definition) is 1. The molecule has 0 radical (unpaired) electrons. The van der Waals surface area contributed by atoms with Gasteiger partial charge in [0.2, 0.25) is 0 Å². The van der Waals surface area contributed by atoms with Crippen LogP contribution in [0.15, 0.2) is 23.2 Å². The Morgan fingerprint density at radius 2 is 1.86 bits per heavy atom. The summed E-state index contributed by atoms with van der Waals surface area (Å²) in [4.78, 5) is 4.31. The Hall–Kier alpha value is -1.37. The fourth-order valence-electron chi connectivity index (χ4n) is 2.14. The lowest BCUT2D eigenvalue weighted by Crippen LogP contribution is -2.41. The molecule has 1 aliphatic rings. The van der Waals surface area contributed by atoms with Gasteiger partial charge in [-0.15, -0.1) is 0 Å². The number of nitrogens with zero attached hydrogens (tertiary/aromatic N) is 1. The standard InChI is InChI=1S/C16H25BN2O3/c1-15(2)16(3,4)22-17(21-15)13-6-7-14(18)12(10-13)11-19-8-9-20-5/h6-7,10-11H,8-9,18H2,1-5H3. The van der Waals surface area contributed by atoms with Crippen LogP contribution in [0.3, 0.4) is 0 Å². The van der Waals surface area contributed by atoms with Gasteiger partial charge in [-0.25, -0.2) is 0 Å². The van der Waals surface area contributed by atoms with Crippen LogP contribution < -0.4 is 11.2 Å². The molecule has 0 unspecified atom stereocenters. The van der Waals surface area contributed by atoms with Gasteiger partial charge in [0.05, 0.1) is 24.4 Å². The van der Waals surface area contributed by atoms with Crippen molar-refractivity contribution in [1.29, 1.82) is 0 Å². The molecule has 1 aromatic rings. The highest BCUT2D eigenvalue weighted by molar-refractivity contribution is 6.62. The van der Waals surface area contributed by atoms with Crippen LogP contribution in [0.1, 0.15) is 33.3 Å². The maximum Gasteiger partial charge on any atom is 0.494 e. The number of ether oxygens (including phenoxy) is 1. The Labute approximate surface area is 133 Å². The van der Waals surface area contributed by atoms with E-state index >= 15 is 0 Å². The van der Waals surface area contributed by atoms with Crippen LogP contribution in [0.4, 0.5) is 5.69 Å². The van der Waals surface area contributed by atoms with Crippen LogP contribution in [-0.4, -0.2) is 44.8 Å². The molecule has 2 N–H and O–H groups in total. The first-order valence-corrected chi connectivity index (χ1v) is 7.51. The van der Waals surface area contributed by atoms with E-state index in [1.807, 2.05) is 45.9 Å². The lowest BCUT2D eigenvalue weighted by Gasteiger charge is -2.32. The van der Waals surface area contributed by atoms with Crippen molar-refractivity contribution in [1.82, 2.24) is 0 Å². The van der Waals surface area contributed by atoms with Crippen LogP contribution in [-0.2, 0) is 14.0 Å². The number of anilines is 1. The van der Waals surface area contributed by atoms with Gasteiger partial charge in [0.25, 0.3) is 0 Å². The number of nitrogen functional groups attached to an aromatic ring is 1. The maximum atomic E-state index is 6.06. The number of nitrogens with two attached hydrogens (primary N) is 1. The van der Waals surface area contributed by atoms with Gasteiger partial charge in [0, 0.05) is 24.6 Å². The molecule has 1 fully saturated rings. The third-order valence-electron chi connectivity index (χ3n) is 4.29. The first kappa shape index (κ1) is 17.0. The van der Waals surface area contributed by atoms with Gasteiger partial charge in [-0.2, -0.15) is 0 Å². The molecular formula is C16H25BN2O3. The van der Waals surface area contributed by atoms with Gasteiger partial charge < -0.3 is 19.8 Å². The van der Waals surface area contributed by atoms with E-state index in [2.05, 4.69) is 4.99 Å². The summed E-state index contributed by atoms with van der Waals surface area (Å²) >= 11 is 0. The Bertz CT molecular complexity index is 542. The average Bonchev–Trinajstić information content (AvgIpc) is 2.65. The molecular weight excluding hydrogens is 279 g/mol. The second-order valence-electron chi connectivity index (χ2n) is 6.50. The highest BCUT2D eigenvalue weighted by Gasteiger charge is 2.51. The molecule has 6 heteroatoms. The molecule has 22 heavy (non-hydrogen) atoms. The SMILES string of the molecule is COCCN=Cc1cc(B2OC(C)(C)C(C)(C)O2)ccc1N. The summed E-state index contributed by atoms with van der Waals surface area (Å²) < 4.78 is 17.1. The van der Waals surface area contributed by atoms with Crippen LogP contribution in [0.2, 0.25) is 0 Å². The molecule has 0 atom stereocenters. The summed E-state index contributed by atoms with van der Waals surface area (Å²) in [6, 6.07) is 5.76. The zero-order chi connectivity index (χ0) is 16.4. The molecule has 0 aromatic heterocycles. The summed E-state index contributed by atoms with van der Waals surface area (Å²) in [7, 11) is 1.26. The van der Waals surface area contributed by atoms with Crippen LogP contribution in [0.25, 0.3) is 0 Å². The van der Waals surface area contributed by atoms with Gasteiger partial charge in [0.1, 0.15) is 0 Å². The van der Waals surface area contributed by atoms with Gasteiger partial charge in [0.15, 0.2) is 0 Å². The van der Waals surface area contributed by atoms with Crippen molar-refractivity contribution in [2.24, 2.45) is 4.99 Å². The fourth-order valence-corrected chi connectivity index (χ4v) is 2.14. The predicted octanol–water partition coefficient (Wildman–Crippen LogP) is 1.63. The molecule has 120 valence electrons. The first-order valence-electron chi connectivity index (χ1n) is 7.51. The monoisotopic (exact) mass is 304 g/mol. The fraction of sp³-hybridized carbons (Fsp3) is 0.562. The largest absolute Gasteiger partial charge is 0.494 e. The van der Waals surface area contributed by atoms with Crippen molar-refractivity contribution >= 4 is 24.5 Å². The van der Waals surface area contributed by atoms with E-state index in [0.29, 0.717) is 18.8 Å². The summed E-state index contributed by atoms with van der Waals surface area (Å²) in [5, 5.41) is 0. The molecule has 1 saturated heterocycles. The number of aliphatic imine (C=N–C) groups is 1. The molecule has 0 saturated carbocycles. The van der Waals surface area contributed by atoms with E-state index in [4.69, 9.17) is 19.8 Å². The Balaban J connectivity index is 2.18. The van der Waals surface area contributed by atoms with E-state index in [9.17, 15) is 0 Å². The Morgan fingerprint density at radius 3 is 2.45 bits per heavy atom. The van der Waals surface area contributed by atoms with E-state index in [-0.39, 0.29) is 11.2 Å². The average molecular weight is 304 g/mol. The minimum Gasteiger partial charge on any atom is -0.399 e. The van der Waals surface area contributed by atoms with Crippen LogP contribution >= 0.6 is 0 Å². The van der Waals surface area contributed by atoms with E-state index in [1.54, 1.807) is 13.3 Å². The van der Waals surface area contributed by atoms with E-state index in [0.717, 1.165) is 11.0 Å². The summed E-state index contributed by atoms with van der Waals surface area (Å²) in [6.45, 7) is 9.35. The van der Waals surface area contributed by atoms with Gasteiger partial charge in [-0.3, -0.25) is 4.99 Å². The molecule has 0 spiro atoms. The van der Waals surface area contributed by atoms with Crippen LogP contribution in [0.5, 0.6) is 0 Å². The topological polar surface area (TPSA) is 66.1 Å². The highest BCUT2D eigenvalue weighted by atomic mass is 16.7. The molecule has 5 nitrogen and oxygen atoms in total. The molecule has 0 aliphatic carbocycles. The quantitative estimate of drug-likeness (QED) is 0.389. The lowest BCUT2D eigenvalue weighted by atomic mass is 9.78. The van der Waals surface area contributed by atoms with Crippen molar-refractivity contribution in [2.75, 3.05) is 26.0 Å². The Morgan fingerprint density at radius 1 is 1.23 bits per heavy atom. The number of rotatable bonds is 5. The Kier molecular flexibility index (Phi) is 4.95. The molecule has 1 heterocycles.